The molecule has 0 aliphatic heterocycles. The van der Waals surface area contributed by atoms with Gasteiger partial charge in [-0.25, -0.2) is 0 Å². The van der Waals surface area contributed by atoms with Gasteiger partial charge in [0.15, 0.2) is 0 Å². The van der Waals surface area contributed by atoms with Crippen molar-refractivity contribution in [1.29, 1.82) is 5.26 Å². The van der Waals surface area contributed by atoms with Crippen LogP contribution in [-0.4, -0.2) is 21.3 Å². The first-order valence-electron chi connectivity index (χ1n) is 5.03. The van der Waals surface area contributed by atoms with Crippen LogP contribution in [0.5, 0.6) is 0 Å². The summed E-state index contributed by atoms with van der Waals surface area (Å²) in [6.07, 6.45) is -0.406. The van der Waals surface area contributed by atoms with E-state index in [0.29, 0.717) is 5.56 Å². The first-order chi connectivity index (χ1) is 7.74. The van der Waals surface area contributed by atoms with E-state index in [0.717, 1.165) is 10.9 Å². The van der Waals surface area contributed by atoms with Crippen molar-refractivity contribution in [1.82, 2.24) is 4.98 Å². The molecule has 0 aliphatic rings. The van der Waals surface area contributed by atoms with Crippen molar-refractivity contribution < 1.29 is 10.2 Å². The molecule has 0 radical (unpaired) electrons. The Morgan fingerprint density at radius 3 is 2.88 bits per heavy atom. The van der Waals surface area contributed by atoms with Gasteiger partial charge in [-0.05, 0) is 11.5 Å². The maximum atomic E-state index is 9.92. The molecule has 3 N–H and O–H groups in total. The Balaban J connectivity index is 2.39. The number of aliphatic hydroxyl groups excluding tert-OH is 2. The molecule has 2 unspecified atom stereocenters. The molecule has 0 amide bonds. The molecule has 0 saturated heterocycles. The summed E-state index contributed by atoms with van der Waals surface area (Å²) < 4.78 is 0. The molecule has 16 heavy (non-hydrogen) atoms. The van der Waals surface area contributed by atoms with Crippen molar-refractivity contribution in [2.75, 3.05) is 0 Å². The fraction of sp³-hybridized carbons (Fsp3) is 0.250. The second-order valence-electron chi connectivity index (χ2n) is 3.66. The Hall–Kier alpha value is -1.83. The van der Waals surface area contributed by atoms with Crippen molar-refractivity contribution >= 4 is 10.9 Å². The highest BCUT2D eigenvalue weighted by atomic mass is 16.3. The number of para-hydroxylation sites is 1. The van der Waals surface area contributed by atoms with E-state index in [1.54, 1.807) is 12.3 Å². The SMILES string of the molecule is N#CCC(O)C(O)c1cccc2cc[nH]c12. The van der Waals surface area contributed by atoms with E-state index < -0.39 is 12.2 Å². The van der Waals surface area contributed by atoms with E-state index in [1.165, 1.54) is 0 Å². The predicted molar refractivity (Wildman–Crippen MR) is 59.5 cm³/mol. The number of nitrogens with one attached hydrogen (secondary N) is 1. The Labute approximate surface area is 92.8 Å². The second kappa shape index (κ2) is 4.35. The molecule has 1 aromatic heterocycles. The van der Waals surface area contributed by atoms with Gasteiger partial charge in [-0.2, -0.15) is 5.26 Å². The average Bonchev–Trinajstić information content (AvgIpc) is 2.76. The normalized spacial score (nSPS) is 14.6. The van der Waals surface area contributed by atoms with Crippen LogP contribution < -0.4 is 0 Å². The van der Waals surface area contributed by atoms with Crippen LogP contribution in [0.1, 0.15) is 18.1 Å². The van der Waals surface area contributed by atoms with Gasteiger partial charge in [0.1, 0.15) is 6.10 Å². The highest BCUT2D eigenvalue weighted by molar-refractivity contribution is 5.82. The smallest absolute Gasteiger partial charge is 0.108 e. The second-order valence-corrected chi connectivity index (χ2v) is 3.66. The van der Waals surface area contributed by atoms with Crippen LogP contribution in [0.4, 0.5) is 0 Å². The number of fused-ring (bicyclic) bond motifs is 1. The lowest BCUT2D eigenvalue weighted by atomic mass is 10.0. The van der Waals surface area contributed by atoms with Gasteiger partial charge in [0, 0.05) is 11.8 Å². The summed E-state index contributed by atoms with van der Waals surface area (Å²) in [5.74, 6) is 0. The topological polar surface area (TPSA) is 80.0 Å². The molecule has 1 heterocycles. The zero-order valence-corrected chi connectivity index (χ0v) is 8.59. The fourth-order valence-corrected chi connectivity index (χ4v) is 1.77. The van der Waals surface area contributed by atoms with Gasteiger partial charge in [0.05, 0.1) is 24.1 Å². The van der Waals surface area contributed by atoms with Gasteiger partial charge in [-0.3, -0.25) is 0 Å². The highest BCUT2D eigenvalue weighted by Crippen LogP contribution is 2.26. The molecule has 1 aromatic carbocycles. The van der Waals surface area contributed by atoms with Crippen LogP contribution in [0.25, 0.3) is 10.9 Å². The zero-order chi connectivity index (χ0) is 11.5. The van der Waals surface area contributed by atoms with Gasteiger partial charge in [-0.1, -0.05) is 18.2 Å². The van der Waals surface area contributed by atoms with E-state index >= 15 is 0 Å². The van der Waals surface area contributed by atoms with E-state index in [-0.39, 0.29) is 6.42 Å². The number of benzene rings is 1. The van der Waals surface area contributed by atoms with E-state index in [4.69, 9.17) is 5.26 Å². The number of H-pyrrole nitrogens is 1. The van der Waals surface area contributed by atoms with E-state index in [1.807, 2.05) is 24.3 Å². The number of nitriles is 1. The molecule has 0 fully saturated rings. The molecule has 0 aliphatic carbocycles. The largest absolute Gasteiger partial charge is 0.389 e. The third kappa shape index (κ3) is 1.78. The van der Waals surface area contributed by atoms with Crippen molar-refractivity contribution in [3.8, 4) is 6.07 Å². The predicted octanol–water partition coefficient (Wildman–Crippen LogP) is 1.48. The van der Waals surface area contributed by atoms with Crippen molar-refractivity contribution in [3.63, 3.8) is 0 Å². The Morgan fingerprint density at radius 1 is 1.31 bits per heavy atom. The van der Waals surface area contributed by atoms with Crippen molar-refractivity contribution in [2.24, 2.45) is 0 Å². The number of nitrogens with zero attached hydrogens (tertiary/aromatic N) is 1. The van der Waals surface area contributed by atoms with Crippen LogP contribution in [0.2, 0.25) is 0 Å². The summed E-state index contributed by atoms with van der Waals surface area (Å²) in [7, 11) is 0. The molecule has 4 nitrogen and oxygen atoms in total. The third-order valence-electron chi connectivity index (χ3n) is 2.60. The number of hydrogen-bond acceptors (Lipinski definition) is 3. The number of aromatic nitrogens is 1. The molecule has 2 atom stereocenters. The number of rotatable bonds is 3. The lowest BCUT2D eigenvalue weighted by Crippen LogP contribution is -2.17. The summed E-state index contributed by atoms with van der Waals surface area (Å²) >= 11 is 0. The third-order valence-corrected chi connectivity index (χ3v) is 2.60. The monoisotopic (exact) mass is 216 g/mol. The van der Waals surface area contributed by atoms with E-state index in [9.17, 15) is 10.2 Å². The van der Waals surface area contributed by atoms with Crippen molar-refractivity contribution in [2.45, 2.75) is 18.6 Å². The maximum absolute atomic E-state index is 9.92. The molecule has 0 bridgehead atoms. The Morgan fingerprint density at radius 2 is 2.12 bits per heavy atom. The molecular formula is C12H12N2O2. The summed E-state index contributed by atoms with van der Waals surface area (Å²) in [4.78, 5) is 3.01. The number of aromatic amines is 1. The number of hydrogen-bond donors (Lipinski definition) is 3. The van der Waals surface area contributed by atoms with Crippen molar-refractivity contribution in [3.05, 3.63) is 36.0 Å². The first-order valence-corrected chi connectivity index (χ1v) is 5.03. The van der Waals surface area contributed by atoms with Crippen LogP contribution in [0.3, 0.4) is 0 Å². The molecule has 0 spiro atoms. The minimum absolute atomic E-state index is 0.0851. The van der Waals surface area contributed by atoms with Crippen LogP contribution in [0.15, 0.2) is 30.5 Å². The Bertz CT molecular complexity index is 527. The highest BCUT2D eigenvalue weighted by Gasteiger charge is 2.20. The molecule has 82 valence electrons. The van der Waals surface area contributed by atoms with Crippen LogP contribution >= 0.6 is 0 Å². The lowest BCUT2D eigenvalue weighted by Gasteiger charge is -2.16. The molecular weight excluding hydrogens is 204 g/mol. The molecule has 2 aromatic rings. The summed E-state index contributed by atoms with van der Waals surface area (Å²) in [6, 6.07) is 9.20. The van der Waals surface area contributed by atoms with Crippen LogP contribution in [-0.2, 0) is 0 Å². The summed E-state index contributed by atoms with van der Waals surface area (Å²) in [6.45, 7) is 0. The molecule has 2 rings (SSSR count). The van der Waals surface area contributed by atoms with Gasteiger partial charge >= 0.3 is 0 Å². The maximum Gasteiger partial charge on any atom is 0.108 e. The van der Waals surface area contributed by atoms with Gasteiger partial charge in [0.2, 0.25) is 0 Å². The zero-order valence-electron chi connectivity index (χ0n) is 8.59. The van der Waals surface area contributed by atoms with Crippen LogP contribution in [0, 0.1) is 11.3 Å². The standard InChI is InChI=1S/C12H12N2O2/c13-6-4-10(15)12(16)9-3-1-2-8-5-7-14-11(8)9/h1-3,5,7,10,12,14-16H,4H2. The quantitative estimate of drug-likeness (QED) is 0.726. The first kappa shape index (κ1) is 10.7. The van der Waals surface area contributed by atoms with Gasteiger partial charge in [-0.15, -0.1) is 0 Å². The Kier molecular flexibility index (Phi) is 2.91. The van der Waals surface area contributed by atoms with E-state index in [2.05, 4.69) is 4.98 Å². The lowest BCUT2D eigenvalue weighted by molar-refractivity contribution is 0.0224. The minimum atomic E-state index is -1.06. The molecule has 4 heteroatoms. The molecule has 0 saturated carbocycles. The number of aliphatic hydroxyl groups is 2. The average molecular weight is 216 g/mol. The summed E-state index contributed by atoms with van der Waals surface area (Å²) in [5, 5.41) is 28.9. The van der Waals surface area contributed by atoms with Gasteiger partial charge < -0.3 is 15.2 Å². The van der Waals surface area contributed by atoms with Gasteiger partial charge in [0.25, 0.3) is 0 Å². The fourth-order valence-electron chi connectivity index (χ4n) is 1.77. The summed E-state index contributed by atoms with van der Waals surface area (Å²) in [5.41, 5.74) is 1.41. The minimum Gasteiger partial charge on any atom is -0.389 e.